The predicted molar refractivity (Wildman–Crippen MR) is 87.7 cm³/mol. The molecule has 1 aromatic carbocycles. The third kappa shape index (κ3) is 3.77. The van der Waals surface area contributed by atoms with Crippen LogP contribution in [0, 0.1) is 0 Å². The highest BCUT2D eigenvalue weighted by Gasteiger charge is 2.21. The molecule has 9 heteroatoms. The van der Waals surface area contributed by atoms with E-state index in [0.717, 1.165) is 0 Å². The molecule has 2 amide bonds. The highest BCUT2D eigenvalue weighted by atomic mass is 16.5. The van der Waals surface area contributed by atoms with Crippen LogP contribution in [-0.4, -0.2) is 34.6 Å². The molecule has 2 rings (SSSR count). The van der Waals surface area contributed by atoms with Crippen LogP contribution in [0.15, 0.2) is 29.1 Å². The van der Waals surface area contributed by atoms with E-state index >= 15 is 0 Å². The minimum Gasteiger partial charge on any atom is -0.506 e. The van der Waals surface area contributed by atoms with Gasteiger partial charge in [0.15, 0.2) is 0 Å². The molecule has 0 spiro atoms. The molecule has 0 bridgehead atoms. The van der Waals surface area contributed by atoms with Crippen molar-refractivity contribution in [2.45, 2.75) is 12.8 Å². The molecular weight excluding hydrogens is 330 g/mol. The normalized spacial score (nSPS) is 10.3. The van der Waals surface area contributed by atoms with Gasteiger partial charge in [0.2, 0.25) is 5.91 Å². The molecule has 0 atom stereocenters. The van der Waals surface area contributed by atoms with Gasteiger partial charge in [0.25, 0.3) is 11.5 Å². The van der Waals surface area contributed by atoms with E-state index in [0.29, 0.717) is 10.9 Å². The largest absolute Gasteiger partial charge is 0.506 e. The van der Waals surface area contributed by atoms with Gasteiger partial charge in [-0.2, -0.15) is 0 Å². The Kier molecular flexibility index (Phi) is 5.38. The molecule has 0 aliphatic rings. The van der Waals surface area contributed by atoms with Crippen molar-refractivity contribution in [3.8, 4) is 5.75 Å². The molecule has 0 fully saturated rings. The second-order valence-corrected chi connectivity index (χ2v) is 5.18. The number of aryl methyl sites for hydroxylation is 1. The van der Waals surface area contributed by atoms with Crippen LogP contribution in [-0.2, 0) is 21.4 Å². The lowest BCUT2D eigenvalue weighted by Gasteiger charge is -2.12. The zero-order valence-corrected chi connectivity index (χ0v) is 13.7. The number of benzene rings is 1. The first kappa shape index (κ1) is 18.0. The number of esters is 1. The fourth-order valence-electron chi connectivity index (χ4n) is 2.25. The van der Waals surface area contributed by atoms with Gasteiger partial charge in [-0.25, -0.2) is 0 Å². The van der Waals surface area contributed by atoms with Crippen LogP contribution in [0.3, 0.4) is 0 Å². The fraction of sp³-hybridized carbons (Fsp3) is 0.250. The maximum atomic E-state index is 12.3. The molecule has 0 aliphatic heterocycles. The van der Waals surface area contributed by atoms with Crippen molar-refractivity contribution in [3.63, 3.8) is 0 Å². The van der Waals surface area contributed by atoms with Crippen LogP contribution in [0.5, 0.6) is 5.75 Å². The van der Waals surface area contributed by atoms with Gasteiger partial charge >= 0.3 is 5.97 Å². The van der Waals surface area contributed by atoms with Crippen LogP contribution in [0.1, 0.15) is 23.2 Å². The number of amides is 2. The van der Waals surface area contributed by atoms with E-state index < -0.39 is 34.7 Å². The molecule has 25 heavy (non-hydrogen) atoms. The molecule has 0 saturated carbocycles. The number of aromatic hydroxyl groups is 1. The van der Waals surface area contributed by atoms with Crippen molar-refractivity contribution < 1.29 is 24.2 Å². The van der Waals surface area contributed by atoms with Gasteiger partial charge in [-0.05, 0) is 12.1 Å². The van der Waals surface area contributed by atoms with E-state index in [-0.39, 0.29) is 12.8 Å². The average Bonchev–Trinajstić information content (AvgIpc) is 2.62. The van der Waals surface area contributed by atoms with Crippen LogP contribution in [0.25, 0.3) is 10.9 Å². The summed E-state index contributed by atoms with van der Waals surface area (Å²) in [4.78, 5) is 47.0. The molecule has 9 nitrogen and oxygen atoms in total. The zero-order chi connectivity index (χ0) is 18.6. The lowest BCUT2D eigenvalue weighted by Crippen LogP contribution is -2.44. The predicted octanol–water partition coefficient (Wildman–Crippen LogP) is -0.0417. The Morgan fingerprint density at radius 3 is 2.52 bits per heavy atom. The van der Waals surface area contributed by atoms with Gasteiger partial charge < -0.3 is 14.4 Å². The van der Waals surface area contributed by atoms with Gasteiger partial charge in [0.1, 0.15) is 11.3 Å². The Labute approximate surface area is 142 Å². The van der Waals surface area contributed by atoms with Crippen molar-refractivity contribution in [2.24, 2.45) is 7.05 Å². The molecule has 132 valence electrons. The Balaban J connectivity index is 2.19. The van der Waals surface area contributed by atoms with E-state index in [9.17, 15) is 24.3 Å². The van der Waals surface area contributed by atoms with Crippen LogP contribution >= 0.6 is 0 Å². The Morgan fingerprint density at radius 2 is 1.84 bits per heavy atom. The van der Waals surface area contributed by atoms with E-state index in [1.807, 2.05) is 0 Å². The second kappa shape index (κ2) is 7.47. The fourth-order valence-corrected chi connectivity index (χ4v) is 2.25. The maximum absolute atomic E-state index is 12.3. The highest BCUT2D eigenvalue weighted by Crippen LogP contribution is 2.25. The molecule has 3 N–H and O–H groups in total. The molecule has 1 heterocycles. The third-order valence-electron chi connectivity index (χ3n) is 3.60. The van der Waals surface area contributed by atoms with Gasteiger partial charge in [-0.3, -0.25) is 30.0 Å². The number of para-hydroxylation sites is 1. The lowest BCUT2D eigenvalue weighted by molar-refractivity contribution is -0.142. The summed E-state index contributed by atoms with van der Waals surface area (Å²) in [6, 6.07) is 6.55. The monoisotopic (exact) mass is 347 g/mol. The number of ether oxygens (including phenoxy) is 1. The van der Waals surface area contributed by atoms with Gasteiger partial charge in [-0.1, -0.05) is 12.1 Å². The Hall–Kier alpha value is -3.36. The summed E-state index contributed by atoms with van der Waals surface area (Å²) in [6.07, 6.45) is -0.351. The molecule has 0 aliphatic carbocycles. The van der Waals surface area contributed by atoms with Crippen molar-refractivity contribution in [1.82, 2.24) is 15.4 Å². The molecule has 0 radical (unpaired) electrons. The quantitative estimate of drug-likeness (QED) is 0.526. The molecular formula is C16H17N3O6. The first-order valence-corrected chi connectivity index (χ1v) is 7.33. The summed E-state index contributed by atoms with van der Waals surface area (Å²) in [5.41, 5.74) is 3.39. The number of carbonyl (C=O) groups excluding carboxylic acids is 3. The first-order chi connectivity index (χ1) is 11.9. The summed E-state index contributed by atoms with van der Waals surface area (Å²) in [6.45, 7) is 0. The Bertz CT molecular complexity index is 903. The highest BCUT2D eigenvalue weighted by molar-refractivity contribution is 6.02. The third-order valence-corrected chi connectivity index (χ3v) is 3.60. The smallest absolute Gasteiger partial charge is 0.306 e. The number of fused-ring (bicyclic) bond motifs is 1. The molecule has 0 saturated heterocycles. The number of nitrogens with one attached hydrogen (secondary N) is 2. The van der Waals surface area contributed by atoms with E-state index in [1.54, 1.807) is 24.3 Å². The number of hydrogen-bond acceptors (Lipinski definition) is 6. The standard InChI is InChI=1S/C16H17N3O6/c1-19-10-6-4-3-5-9(10)14(22)13(16(19)24)15(23)18-17-11(20)7-8-12(21)25-2/h3-6,22H,7-8H2,1-2H3,(H,17,20)(H,18,23). The van der Waals surface area contributed by atoms with E-state index in [1.165, 1.54) is 18.7 Å². The number of methoxy groups -OCH3 is 1. The zero-order valence-electron chi connectivity index (χ0n) is 13.7. The van der Waals surface area contributed by atoms with E-state index in [2.05, 4.69) is 15.6 Å². The number of carbonyl (C=O) groups is 3. The van der Waals surface area contributed by atoms with Crippen molar-refractivity contribution in [2.75, 3.05) is 7.11 Å². The summed E-state index contributed by atoms with van der Waals surface area (Å²) in [7, 11) is 2.66. The number of aromatic nitrogens is 1. The van der Waals surface area contributed by atoms with Crippen LogP contribution < -0.4 is 16.4 Å². The van der Waals surface area contributed by atoms with Gasteiger partial charge in [-0.15, -0.1) is 0 Å². The van der Waals surface area contributed by atoms with Gasteiger partial charge in [0, 0.05) is 18.9 Å². The second-order valence-electron chi connectivity index (χ2n) is 5.18. The number of hydrazine groups is 1. The minimum absolute atomic E-state index is 0.152. The number of pyridine rings is 1. The van der Waals surface area contributed by atoms with Crippen LogP contribution in [0.2, 0.25) is 0 Å². The van der Waals surface area contributed by atoms with Gasteiger partial charge in [0.05, 0.1) is 19.0 Å². The number of nitrogens with zero attached hydrogens (tertiary/aromatic N) is 1. The topological polar surface area (TPSA) is 127 Å². The molecule has 0 unspecified atom stereocenters. The van der Waals surface area contributed by atoms with Crippen molar-refractivity contribution in [1.29, 1.82) is 0 Å². The SMILES string of the molecule is COC(=O)CCC(=O)NNC(=O)c1c(O)c2ccccc2n(C)c1=O. The first-order valence-electron chi connectivity index (χ1n) is 7.33. The molecule has 1 aromatic heterocycles. The summed E-state index contributed by atoms with van der Waals surface area (Å²) >= 11 is 0. The number of hydrogen-bond donors (Lipinski definition) is 3. The Morgan fingerprint density at radius 1 is 1.16 bits per heavy atom. The number of rotatable bonds is 4. The molecule has 2 aromatic rings. The maximum Gasteiger partial charge on any atom is 0.306 e. The van der Waals surface area contributed by atoms with Crippen LogP contribution in [0.4, 0.5) is 0 Å². The van der Waals surface area contributed by atoms with Crippen molar-refractivity contribution >= 4 is 28.7 Å². The minimum atomic E-state index is -0.963. The lowest BCUT2D eigenvalue weighted by atomic mass is 10.1. The van der Waals surface area contributed by atoms with Crippen molar-refractivity contribution in [3.05, 3.63) is 40.2 Å². The average molecular weight is 347 g/mol. The van der Waals surface area contributed by atoms with E-state index in [4.69, 9.17) is 0 Å². The summed E-state index contributed by atoms with van der Waals surface area (Å²) in [5.74, 6) is -2.64. The summed E-state index contributed by atoms with van der Waals surface area (Å²) < 4.78 is 5.62. The summed E-state index contributed by atoms with van der Waals surface area (Å²) in [5, 5.41) is 10.6.